The van der Waals surface area contributed by atoms with Crippen molar-refractivity contribution in [3.8, 4) is 5.75 Å². The van der Waals surface area contributed by atoms with Crippen LogP contribution in [-0.2, 0) is 20.4 Å². The summed E-state index contributed by atoms with van der Waals surface area (Å²) in [5, 5.41) is 0. The van der Waals surface area contributed by atoms with Gasteiger partial charge in [-0.2, -0.15) is 0 Å². The fourth-order valence-electron chi connectivity index (χ4n) is 2.80. The van der Waals surface area contributed by atoms with Crippen molar-refractivity contribution in [2.75, 3.05) is 0 Å². The van der Waals surface area contributed by atoms with Gasteiger partial charge in [-0.1, -0.05) is 72.0 Å². The molecule has 1 unspecified atom stereocenters. The highest BCUT2D eigenvalue weighted by molar-refractivity contribution is 14.1. The first-order valence-corrected chi connectivity index (χ1v) is 12.2. The fourth-order valence-corrected chi connectivity index (χ4v) is 5.05. The van der Waals surface area contributed by atoms with Crippen LogP contribution in [0, 0.1) is 0 Å². The molecule has 0 N–H and O–H groups in total. The van der Waals surface area contributed by atoms with Crippen molar-refractivity contribution in [3.63, 3.8) is 0 Å². The maximum Gasteiger partial charge on any atom is 0.324 e. The van der Waals surface area contributed by atoms with Crippen LogP contribution < -0.4 is 4.74 Å². The third-order valence-corrected chi connectivity index (χ3v) is 6.98. The maximum atomic E-state index is 12.3. The highest BCUT2D eigenvalue weighted by Gasteiger charge is 2.30. The van der Waals surface area contributed by atoms with Crippen LogP contribution in [0.15, 0.2) is 99.6 Å². The topological polar surface area (TPSA) is 35.5 Å². The van der Waals surface area contributed by atoms with E-state index in [4.69, 9.17) is 9.47 Å². The quantitative estimate of drug-likeness (QED) is 0.107. The zero-order valence-electron chi connectivity index (χ0n) is 17.4. The molecule has 0 spiro atoms. The lowest BCUT2D eigenvalue weighted by Gasteiger charge is -2.22. The number of carbonyl (C=O) groups is 1. The molecule has 0 heterocycles. The summed E-state index contributed by atoms with van der Waals surface area (Å²) >= 11 is 2.08. The van der Waals surface area contributed by atoms with Crippen LogP contribution >= 0.6 is 22.6 Å². The van der Waals surface area contributed by atoms with E-state index in [0.717, 1.165) is 4.90 Å². The van der Waals surface area contributed by atoms with Gasteiger partial charge in [0.05, 0.1) is 10.9 Å². The lowest BCUT2D eigenvalue weighted by atomic mass is 10.2. The minimum atomic E-state index is -0.614. The molecule has 156 valence electrons. The molecule has 0 bridgehead atoms. The van der Waals surface area contributed by atoms with Crippen LogP contribution in [0.4, 0.5) is 0 Å². The summed E-state index contributed by atoms with van der Waals surface area (Å²) in [5.41, 5.74) is 0. The van der Waals surface area contributed by atoms with E-state index in [9.17, 15) is 4.79 Å². The lowest BCUT2D eigenvalue weighted by molar-refractivity contribution is -0.165. The summed E-state index contributed by atoms with van der Waals surface area (Å²) in [6.45, 7) is 5.60. The van der Waals surface area contributed by atoms with Crippen molar-refractivity contribution in [1.82, 2.24) is 0 Å². The zero-order valence-corrected chi connectivity index (χ0v) is 20.4. The van der Waals surface area contributed by atoms with E-state index >= 15 is 0 Å². The molecule has 3 aromatic rings. The minimum absolute atomic E-state index is 0.255. The van der Waals surface area contributed by atoms with Crippen molar-refractivity contribution in [3.05, 3.63) is 84.9 Å². The molecule has 0 amide bonds. The smallest absolute Gasteiger partial charge is 0.324 e. The molecule has 1 atom stereocenters. The Bertz CT molecular complexity index is 915. The Morgan fingerprint density at radius 1 is 0.900 bits per heavy atom. The third-order valence-electron chi connectivity index (χ3n) is 4.32. The summed E-state index contributed by atoms with van der Waals surface area (Å²) in [7, 11) is -0.255. The van der Waals surface area contributed by atoms with Crippen molar-refractivity contribution in [2.45, 2.75) is 51.6 Å². The number of esters is 1. The van der Waals surface area contributed by atoms with Crippen molar-refractivity contribution in [1.29, 1.82) is 0 Å². The molecule has 5 heteroatoms. The Balaban J connectivity index is 1.89. The van der Waals surface area contributed by atoms with Crippen LogP contribution in [-0.4, -0.2) is 15.7 Å². The van der Waals surface area contributed by atoms with Gasteiger partial charge in [0.2, 0.25) is 6.29 Å². The van der Waals surface area contributed by atoms with Gasteiger partial charge in [0, 0.05) is 12.5 Å². The van der Waals surface area contributed by atoms with Crippen molar-refractivity contribution in [2.24, 2.45) is 0 Å². The second-order valence-electron chi connectivity index (χ2n) is 7.24. The normalized spacial score (nSPS) is 12.4. The molecule has 0 radical (unpaired) electrons. The average Bonchev–Trinajstić information content (AvgIpc) is 2.74. The van der Waals surface area contributed by atoms with Gasteiger partial charge < -0.3 is 9.47 Å². The number of ether oxygens (including phenoxy) is 2. The van der Waals surface area contributed by atoms with E-state index in [1.54, 1.807) is 0 Å². The van der Waals surface area contributed by atoms with Crippen LogP contribution in [0.3, 0.4) is 0 Å². The largest absolute Gasteiger partial charge is 0.455 e. The van der Waals surface area contributed by atoms with E-state index in [2.05, 4.69) is 83.3 Å². The number of benzene rings is 3. The van der Waals surface area contributed by atoms with E-state index in [0.29, 0.717) is 12.2 Å². The first-order chi connectivity index (χ1) is 14.4. The lowest BCUT2D eigenvalue weighted by Crippen LogP contribution is -2.33. The molecule has 0 aromatic heterocycles. The third kappa shape index (κ3) is 6.01. The van der Waals surface area contributed by atoms with Gasteiger partial charge >= 0.3 is 5.97 Å². The number of hydrogen-bond donors (Lipinski definition) is 0. The minimum Gasteiger partial charge on any atom is -0.455 e. The molecule has 0 saturated heterocycles. The number of alkyl halides is 1. The van der Waals surface area contributed by atoms with Gasteiger partial charge in [-0.05, 0) is 50.2 Å². The Hall–Kier alpha value is -1.99. The van der Waals surface area contributed by atoms with E-state index in [1.807, 2.05) is 45.0 Å². The Morgan fingerprint density at radius 2 is 1.43 bits per heavy atom. The predicted octanol–water partition coefficient (Wildman–Crippen LogP) is 6.65. The molecule has 0 aliphatic rings. The van der Waals surface area contributed by atoms with Crippen LogP contribution in [0.1, 0.15) is 27.2 Å². The molecular weight excluding hydrogens is 507 g/mol. The van der Waals surface area contributed by atoms with Gasteiger partial charge in [0.25, 0.3) is 0 Å². The molecule has 0 saturated carbocycles. The highest BCUT2D eigenvalue weighted by atomic mass is 127. The molecule has 0 aliphatic heterocycles. The van der Waals surface area contributed by atoms with Crippen LogP contribution in [0.25, 0.3) is 0 Å². The average molecular weight is 533 g/mol. The van der Waals surface area contributed by atoms with E-state index < -0.39 is 9.71 Å². The first kappa shape index (κ1) is 22.7. The summed E-state index contributed by atoms with van der Waals surface area (Å²) in [5.74, 6) is 0.419. The van der Waals surface area contributed by atoms with E-state index in [1.165, 1.54) is 9.79 Å². The van der Waals surface area contributed by atoms with Gasteiger partial charge in [0.15, 0.2) is 14.7 Å². The molecule has 0 fully saturated rings. The number of hydrogen-bond acceptors (Lipinski definition) is 3. The number of rotatable bonds is 8. The second kappa shape index (κ2) is 10.4. The van der Waals surface area contributed by atoms with Gasteiger partial charge in [0.1, 0.15) is 9.17 Å². The zero-order chi connectivity index (χ0) is 21.6. The monoisotopic (exact) mass is 533 g/mol. The van der Waals surface area contributed by atoms with Crippen LogP contribution in [0.2, 0.25) is 0 Å². The number of halogens is 1. The molecule has 3 rings (SSSR count). The molecule has 0 aliphatic carbocycles. The van der Waals surface area contributed by atoms with Crippen LogP contribution in [0.5, 0.6) is 5.75 Å². The molecule has 3 aromatic carbocycles. The SMILES string of the molecule is CCC(OC(=O)C(C)(C)I)Oc1cccc([S+](c2ccccc2)c2ccccc2)c1. The van der Waals surface area contributed by atoms with E-state index in [-0.39, 0.29) is 16.9 Å². The number of carbonyl (C=O) groups excluding carboxylic acids is 1. The summed E-state index contributed by atoms with van der Waals surface area (Å²) < 4.78 is 11.0. The van der Waals surface area contributed by atoms with Gasteiger partial charge in [-0.25, -0.2) is 0 Å². The molecular formula is C25H26IO3S+. The Morgan fingerprint density at radius 3 is 1.93 bits per heavy atom. The second-order valence-corrected chi connectivity index (χ2v) is 12.0. The Labute approximate surface area is 195 Å². The van der Waals surface area contributed by atoms with Crippen molar-refractivity contribution < 1.29 is 14.3 Å². The summed E-state index contributed by atoms with van der Waals surface area (Å²) in [6, 6.07) is 29.0. The predicted molar refractivity (Wildman–Crippen MR) is 130 cm³/mol. The first-order valence-electron chi connectivity index (χ1n) is 9.89. The van der Waals surface area contributed by atoms with Crippen molar-refractivity contribution >= 4 is 39.5 Å². The fraction of sp³-hybridized carbons (Fsp3) is 0.240. The molecule has 30 heavy (non-hydrogen) atoms. The molecule has 3 nitrogen and oxygen atoms in total. The van der Waals surface area contributed by atoms with Gasteiger partial charge in [-0.15, -0.1) is 0 Å². The maximum absolute atomic E-state index is 12.3. The highest BCUT2D eigenvalue weighted by Crippen LogP contribution is 2.33. The van der Waals surface area contributed by atoms with Gasteiger partial charge in [-0.3, -0.25) is 4.79 Å². The Kier molecular flexibility index (Phi) is 7.83. The summed E-state index contributed by atoms with van der Waals surface area (Å²) in [4.78, 5) is 15.9. The summed E-state index contributed by atoms with van der Waals surface area (Å²) in [6.07, 6.45) is -0.0387. The standard InChI is InChI=1S/C25H26IO3S/c1-4-23(29-24(27)25(2,3)26)28-19-12-11-17-22(18-19)30(20-13-7-5-8-14-20)21-15-9-6-10-16-21/h5-18,23H,4H2,1-3H3/q+1.